The van der Waals surface area contributed by atoms with Gasteiger partial charge in [-0.3, -0.25) is 14.9 Å². The Bertz CT molecular complexity index is 636. The van der Waals surface area contributed by atoms with E-state index in [-0.39, 0.29) is 21.8 Å². The number of nitro benzene ring substituents is 1. The van der Waals surface area contributed by atoms with Crippen molar-refractivity contribution >= 4 is 23.2 Å². The number of nitro groups is 1. The number of halogens is 1. The molecule has 0 aliphatic heterocycles. The van der Waals surface area contributed by atoms with Crippen molar-refractivity contribution in [1.82, 2.24) is 5.32 Å². The van der Waals surface area contributed by atoms with Gasteiger partial charge in [0.2, 0.25) is 0 Å². The summed E-state index contributed by atoms with van der Waals surface area (Å²) >= 11 is 6.00. The molecule has 2 rings (SSSR count). The van der Waals surface area contributed by atoms with Crippen LogP contribution in [0.5, 0.6) is 0 Å². The molecule has 0 heterocycles. The van der Waals surface area contributed by atoms with Crippen molar-refractivity contribution in [2.24, 2.45) is 0 Å². The van der Waals surface area contributed by atoms with Crippen LogP contribution in [0.3, 0.4) is 0 Å². The van der Waals surface area contributed by atoms with E-state index in [0.717, 1.165) is 12.8 Å². The van der Waals surface area contributed by atoms with Crippen LogP contribution in [0, 0.1) is 17.0 Å². The predicted octanol–water partition coefficient (Wildman–Crippen LogP) is 3.52. The second-order valence-electron chi connectivity index (χ2n) is 4.42. The molecule has 1 N–H and O–H groups in total. The summed E-state index contributed by atoms with van der Waals surface area (Å²) in [5, 5.41) is 13.8. The molecular formula is C14H13ClN2O3. The van der Waals surface area contributed by atoms with Crippen LogP contribution >= 0.6 is 11.6 Å². The Balaban J connectivity index is 2.34. The maximum absolute atomic E-state index is 12.2. The smallest absolute Gasteiger partial charge is 0.273 e. The van der Waals surface area contributed by atoms with Gasteiger partial charge in [-0.25, -0.2) is 0 Å². The van der Waals surface area contributed by atoms with E-state index in [1.165, 1.54) is 19.1 Å². The van der Waals surface area contributed by atoms with E-state index in [1.54, 1.807) is 0 Å². The molecule has 5 nitrogen and oxygen atoms in total. The van der Waals surface area contributed by atoms with Gasteiger partial charge in [0.15, 0.2) is 0 Å². The normalized spacial score (nSPS) is 13.8. The van der Waals surface area contributed by atoms with E-state index in [2.05, 4.69) is 5.32 Å². The molecule has 0 fully saturated rings. The first-order chi connectivity index (χ1) is 9.50. The Labute approximate surface area is 121 Å². The molecule has 1 aliphatic rings. The Hall–Kier alpha value is -2.14. The summed E-state index contributed by atoms with van der Waals surface area (Å²) in [5.74, 6) is -0.436. The Morgan fingerprint density at radius 2 is 2.15 bits per heavy atom. The monoisotopic (exact) mass is 292 g/mol. The number of allylic oxidation sites excluding steroid dienone is 3. The van der Waals surface area contributed by atoms with Crippen LogP contribution < -0.4 is 5.32 Å². The van der Waals surface area contributed by atoms with Gasteiger partial charge in [0.05, 0.1) is 15.5 Å². The van der Waals surface area contributed by atoms with Crippen LogP contribution in [0.25, 0.3) is 0 Å². The van der Waals surface area contributed by atoms with Crippen molar-refractivity contribution in [2.75, 3.05) is 0 Å². The summed E-state index contributed by atoms with van der Waals surface area (Å²) in [4.78, 5) is 22.6. The van der Waals surface area contributed by atoms with Crippen LogP contribution in [0.1, 0.15) is 28.8 Å². The van der Waals surface area contributed by atoms with Crippen LogP contribution in [0.15, 0.2) is 36.1 Å². The molecule has 0 saturated heterocycles. The lowest BCUT2D eigenvalue weighted by Crippen LogP contribution is -2.24. The third-order valence-corrected chi connectivity index (χ3v) is 3.38. The van der Waals surface area contributed by atoms with Gasteiger partial charge < -0.3 is 5.32 Å². The van der Waals surface area contributed by atoms with Gasteiger partial charge in [0, 0.05) is 17.3 Å². The summed E-state index contributed by atoms with van der Waals surface area (Å²) in [5.41, 5.74) is 0.970. The lowest BCUT2D eigenvalue weighted by Gasteiger charge is -2.12. The molecule has 0 radical (unpaired) electrons. The van der Waals surface area contributed by atoms with Gasteiger partial charge in [0.25, 0.3) is 11.6 Å². The highest BCUT2D eigenvalue weighted by Crippen LogP contribution is 2.28. The fraction of sp³-hybridized carbons (Fsp3) is 0.214. The van der Waals surface area contributed by atoms with Gasteiger partial charge in [-0.1, -0.05) is 23.8 Å². The van der Waals surface area contributed by atoms with Crippen molar-refractivity contribution in [3.8, 4) is 0 Å². The fourth-order valence-electron chi connectivity index (χ4n) is 2.04. The Morgan fingerprint density at radius 1 is 1.40 bits per heavy atom. The predicted molar refractivity (Wildman–Crippen MR) is 76.8 cm³/mol. The molecular weight excluding hydrogens is 280 g/mol. The number of carbonyl (C=O) groups excluding carboxylic acids is 1. The number of hydrogen-bond donors (Lipinski definition) is 1. The minimum atomic E-state index is -0.526. The zero-order valence-corrected chi connectivity index (χ0v) is 11.6. The molecule has 1 aliphatic carbocycles. The van der Waals surface area contributed by atoms with Gasteiger partial charge in [-0.15, -0.1) is 0 Å². The van der Waals surface area contributed by atoms with Gasteiger partial charge >= 0.3 is 0 Å². The van der Waals surface area contributed by atoms with Crippen molar-refractivity contribution in [3.63, 3.8) is 0 Å². The van der Waals surface area contributed by atoms with Crippen LogP contribution in [-0.4, -0.2) is 10.8 Å². The van der Waals surface area contributed by atoms with E-state index in [0.29, 0.717) is 5.70 Å². The van der Waals surface area contributed by atoms with Crippen molar-refractivity contribution in [2.45, 2.75) is 19.8 Å². The minimum absolute atomic E-state index is 0.118. The van der Waals surface area contributed by atoms with E-state index in [1.807, 2.05) is 18.2 Å². The molecule has 1 amide bonds. The van der Waals surface area contributed by atoms with Crippen LogP contribution in [0.2, 0.25) is 5.02 Å². The van der Waals surface area contributed by atoms with Crippen LogP contribution in [0.4, 0.5) is 5.69 Å². The molecule has 0 spiro atoms. The van der Waals surface area contributed by atoms with E-state index in [4.69, 9.17) is 11.6 Å². The Kier molecular flexibility index (Phi) is 4.20. The molecule has 6 heteroatoms. The highest BCUT2D eigenvalue weighted by atomic mass is 35.5. The largest absolute Gasteiger partial charge is 0.322 e. The van der Waals surface area contributed by atoms with Gasteiger partial charge in [0.1, 0.15) is 0 Å². The first kappa shape index (κ1) is 14.3. The number of carbonyl (C=O) groups is 1. The minimum Gasteiger partial charge on any atom is -0.322 e. The average Bonchev–Trinajstić information content (AvgIpc) is 2.39. The molecule has 104 valence electrons. The third kappa shape index (κ3) is 2.88. The maximum Gasteiger partial charge on any atom is 0.273 e. The number of amides is 1. The number of nitrogens with one attached hydrogen (secondary N) is 1. The summed E-state index contributed by atoms with van der Waals surface area (Å²) < 4.78 is 0. The molecule has 0 atom stereocenters. The first-order valence-electron chi connectivity index (χ1n) is 6.12. The summed E-state index contributed by atoms with van der Waals surface area (Å²) in [7, 11) is 0. The number of nitrogens with zero attached hydrogens (tertiary/aromatic N) is 1. The quantitative estimate of drug-likeness (QED) is 0.684. The number of benzene rings is 1. The molecule has 1 aromatic rings. The van der Waals surface area contributed by atoms with E-state index >= 15 is 0 Å². The van der Waals surface area contributed by atoms with Crippen LogP contribution in [-0.2, 0) is 0 Å². The maximum atomic E-state index is 12.2. The lowest BCUT2D eigenvalue weighted by molar-refractivity contribution is -0.385. The van der Waals surface area contributed by atoms with Gasteiger partial charge in [-0.05, 0) is 31.9 Å². The molecule has 0 unspecified atom stereocenters. The molecule has 0 bridgehead atoms. The number of rotatable bonds is 3. The standard InChI is InChI=1S/C14H13ClN2O3/c1-9-12(17(19)20)8-7-11(15)13(9)14(18)16-10-5-3-2-4-6-10/h3,5-8H,2,4H2,1H3,(H,16,18). The first-order valence-corrected chi connectivity index (χ1v) is 6.50. The summed E-state index contributed by atoms with van der Waals surface area (Å²) in [6.07, 6.45) is 7.46. The van der Waals surface area contributed by atoms with E-state index in [9.17, 15) is 14.9 Å². The topological polar surface area (TPSA) is 72.2 Å². The lowest BCUT2D eigenvalue weighted by atomic mass is 10.1. The zero-order chi connectivity index (χ0) is 14.7. The molecule has 1 aromatic carbocycles. The highest BCUT2D eigenvalue weighted by Gasteiger charge is 2.22. The second-order valence-corrected chi connectivity index (χ2v) is 4.82. The molecule has 20 heavy (non-hydrogen) atoms. The highest BCUT2D eigenvalue weighted by molar-refractivity contribution is 6.34. The van der Waals surface area contributed by atoms with E-state index < -0.39 is 10.8 Å². The second kappa shape index (κ2) is 5.88. The fourth-order valence-corrected chi connectivity index (χ4v) is 2.33. The average molecular weight is 293 g/mol. The summed E-state index contributed by atoms with van der Waals surface area (Å²) in [6, 6.07) is 2.67. The number of hydrogen-bond acceptors (Lipinski definition) is 3. The zero-order valence-electron chi connectivity index (χ0n) is 10.9. The van der Waals surface area contributed by atoms with Crippen molar-refractivity contribution in [3.05, 3.63) is 62.3 Å². The summed E-state index contributed by atoms with van der Waals surface area (Å²) in [6.45, 7) is 1.52. The van der Waals surface area contributed by atoms with Gasteiger partial charge in [-0.2, -0.15) is 0 Å². The van der Waals surface area contributed by atoms with Crippen molar-refractivity contribution in [1.29, 1.82) is 0 Å². The third-order valence-electron chi connectivity index (χ3n) is 3.06. The van der Waals surface area contributed by atoms with Crippen molar-refractivity contribution < 1.29 is 9.72 Å². The Morgan fingerprint density at radius 3 is 2.75 bits per heavy atom. The molecule has 0 saturated carbocycles. The molecule has 0 aromatic heterocycles. The SMILES string of the molecule is Cc1c([N+](=O)[O-])ccc(Cl)c1C(=O)NC1=CCCC=C1.